The molecule has 2 aromatic rings. The van der Waals surface area contributed by atoms with Gasteiger partial charge in [-0.1, -0.05) is 18.2 Å². The Bertz CT molecular complexity index is 599. The monoisotopic (exact) mass is 325 g/mol. The van der Waals surface area contributed by atoms with Crippen LogP contribution in [0.5, 0.6) is 0 Å². The van der Waals surface area contributed by atoms with Crippen molar-refractivity contribution < 1.29 is 8.78 Å². The van der Waals surface area contributed by atoms with Crippen LogP contribution < -0.4 is 4.90 Å². The van der Waals surface area contributed by atoms with E-state index in [0.717, 1.165) is 11.3 Å². The number of benzene rings is 2. The quantitative estimate of drug-likeness (QED) is 0.741. The van der Waals surface area contributed by atoms with Crippen LogP contribution in [0.25, 0.3) is 0 Å². The summed E-state index contributed by atoms with van der Waals surface area (Å²) in [4.78, 5) is 1.84. The van der Waals surface area contributed by atoms with Crippen LogP contribution in [0, 0.1) is 18.6 Å². The van der Waals surface area contributed by atoms with E-state index in [2.05, 4.69) is 15.9 Å². The fraction of sp³-hybridized carbons (Fsp3) is 0.200. The van der Waals surface area contributed by atoms with Crippen molar-refractivity contribution in [3.63, 3.8) is 0 Å². The van der Waals surface area contributed by atoms with E-state index < -0.39 is 11.6 Å². The predicted molar refractivity (Wildman–Crippen MR) is 77.3 cm³/mol. The first kappa shape index (κ1) is 14.0. The molecule has 19 heavy (non-hydrogen) atoms. The van der Waals surface area contributed by atoms with E-state index in [1.165, 1.54) is 12.1 Å². The van der Waals surface area contributed by atoms with E-state index in [0.29, 0.717) is 0 Å². The molecule has 0 aliphatic carbocycles. The Morgan fingerprint density at radius 3 is 2.47 bits per heavy atom. The van der Waals surface area contributed by atoms with Crippen LogP contribution in [0.15, 0.2) is 40.9 Å². The van der Waals surface area contributed by atoms with E-state index in [9.17, 15) is 8.78 Å². The maximum Gasteiger partial charge on any atom is 0.145 e. The summed E-state index contributed by atoms with van der Waals surface area (Å²) in [5.41, 5.74) is 2.10. The topological polar surface area (TPSA) is 3.24 Å². The normalized spacial score (nSPS) is 10.6. The summed E-state index contributed by atoms with van der Waals surface area (Å²) < 4.78 is 27.9. The fourth-order valence-electron chi connectivity index (χ4n) is 2.03. The zero-order valence-electron chi connectivity index (χ0n) is 10.8. The highest BCUT2D eigenvalue weighted by Crippen LogP contribution is 2.25. The van der Waals surface area contributed by atoms with Gasteiger partial charge in [-0.15, -0.1) is 0 Å². The van der Waals surface area contributed by atoms with Gasteiger partial charge in [-0.3, -0.25) is 0 Å². The average Bonchev–Trinajstić information content (AvgIpc) is 2.39. The number of anilines is 1. The number of nitrogens with zero attached hydrogens (tertiary/aromatic N) is 1. The van der Waals surface area contributed by atoms with Crippen molar-refractivity contribution >= 4 is 21.6 Å². The summed E-state index contributed by atoms with van der Waals surface area (Å²) in [6.45, 7) is 2.15. The first-order valence-electron chi connectivity index (χ1n) is 5.90. The molecule has 2 aromatic carbocycles. The Morgan fingerprint density at radius 1 is 1.11 bits per heavy atom. The summed E-state index contributed by atoms with van der Waals surface area (Å²) in [5.74, 6) is -1.07. The third kappa shape index (κ3) is 2.95. The van der Waals surface area contributed by atoms with Crippen molar-refractivity contribution in [3.8, 4) is 0 Å². The van der Waals surface area contributed by atoms with E-state index in [1.54, 1.807) is 0 Å². The third-order valence-electron chi connectivity index (χ3n) is 3.06. The molecule has 0 bridgehead atoms. The van der Waals surface area contributed by atoms with Crippen LogP contribution >= 0.6 is 15.9 Å². The van der Waals surface area contributed by atoms with Gasteiger partial charge in [0.15, 0.2) is 0 Å². The van der Waals surface area contributed by atoms with E-state index >= 15 is 0 Å². The Kier molecular flexibility index (Phi) is 4.20. The molecule has 0 radical (unpaired) electrons. The maximum absolute atomic E-state index is 13.9. The second kappa shape index (κ2) is 5.70. The lowest BCUT2D eigenvalue weighted by Gasteiger charge is -2.22. The largest absolute Gasteiger partial charge is 0.370 e. The van der Waals surface area contributed by atoms with Gasteiger partial charge in [0.05, 0.1) is 4.47 Å². The molecule has 0 amide bonds. The summed E-state index contributed by atoms with van der Waals surface area (Å²) in [7, 11) is 1.82. The molecule has 0 aliphatic rings. The first-order valence-corrected chi connectivity index (χ1v) is 6.69. The van der Waals surface area contributed by atoms with Gasteiger partial charge in [-0.05, 0) is 46.6 Å². The third-order valence-corrected chi connectivity index (χ3v) is 3.67. The van der Waals surface area contributed by atoms with Gasteiger partial charge < -0.3 is 4.90 Å². The second-order valence-electron chi connectivity index (χ2n) is 4.46. The van der Waals surface area contributed by atoms with Crippen molar-refractivity contribution in [1.82, 2.24) is 0 Å². The van der Waals surface area contributed by atoms with Crippen molar-refractivity contribution in [2.45, 2.75) is 13.5 Å². The van der Waals surface area contributed by atoms with Crippen LogP contribution in [0.3, 0.4) is 0 Å². The van der Waals surface area contributed by atoms with E-state index in [1.807, 2.05) is 43.1 Å². The van der Waals surface area contributed by atoms with Gasteiger partial charge in [-0.25, -0.2) is 8.78 Å². The van der Waals surface area contributed by atoms with Gasteiger partial charge in [0.25, 0.3) is 0 Å². The summed E-state index contributed by atoms with van der Waals surface area (Å²) in [6.07, 6.45) is 0. The molecule has 4 heteroatoms. The lowest BCUT2D eigenvalue weighted by Crippen LogP contribution is -2.19. The second-order valence-corrected chi connectivity index (χ2v) is 5.32. The summed E-state index contributed by atoms with van der Waals surface area (Å²) >= 11 is 3.08. The highest BCUT2D eigenvalue weighted by atomic mass is 79.9. The summed E-state index contributed by atoms with van der Waals surface area (Å²) in [6, 6.07) is 10.4. The van der Waals surface area contributed by atoms with E-state index in [4.69, 9.17) is 0 Å². The molecule has 0 aromatic heterocycles. The molecule has 100 valence electrons. The first-order chi connectivity index (χ1) is 9.00. The van der Waals surface area contributed by atoms with Crippen LogP contribution in [-0.2, 0) is 6.54 Å². The molecular weight excluding hydrogens is 312 g/mol. The minimum absolute atomic E-state index is 0.0696. The van der Waals surface area contributed by atoms with Crippen LogP contribution in [0.2, 0.25) is 0 Å². The van der Waals surface area contributed by atoms with Gasteiger partial charge in [-0.2, -0.15) is 0 Å². The molecule has 2 rings (SSSR count). The maximum atomic E-state index is 13.9. The smallest absolute Gasteiger partial charge is 0.145 e. The molecule has 0 saturated carbocycles. The van der Waals surface area contributed by atoms with Crippen LogP contribution in [0.4, 0.5) is 14.5 Å². The lowest BCUT2D eigenvalue weighted by atomic mass is 10.1. The lowest BCUT2D eigenvalue weighted by molar-refractivity contribution is 0.549. The molecule has 0 heterocycles. The van der Waals surface area contributed by atoms with E-state index in [-0.39, 0.29) is 16.6 Å². The Morgan fingerprint density at radius 2 is 1.79 bits per heavy atom. The summed E-state index contributed by atoms with van der Waals surface area (Å²) in [5, 5.41) is 0. The van der Waals surface area contributed by atoms with Crippen molar-refractivity contribution in [3.05, 3.63) is 63.6 Å². The number of aryl methyl sites for hydroxylation is 1. The standard InChI is InChI=1S/C15H14BrF2N/c1-10-5-3-4-6-14(10)19(2)9-11-13(17)8-7-12(16)15(11)18/h3-8H,9H2,1-2H3. The zero-order chi connectivity index (χ0) is 14.0. The van der Waals surface area contributed by atoms with Gasteiger partial charge >= 0.3 is 0 Å². The molecule has 0 aliphatic heterocycles. The predicted octanol–water partition coefficient (Wildman–Crippen LogP) is 4.67. The number of halogens is 3. The fourth-order valence-corrected chi connectivity index (χ4v) is 2.40. The van der Waals surface area contributed by atoms with Gasteiger partial charge in [0.2, 0.25) is 0 Å². The minimum atomic E-state index is -0.541. The number of rotatable bonds is 3. The number of hydrogen-bond donors (Lipinski definition) is 0. The van der Waals surface area contributed by atoms with Crippen molar-refractivity contribution in [2.75, 3.05) is 11.9 Å². The van der Waals surface area contributed by atoms with Crippen molar-refractivity contribution in [1.29, 1.82) is 0 Å². The van der Waals surface area contributed by atoms with Crippen molar-refractivity contribution in [2.24, 2.45) is 0 Å². The molecule has 0 spiro atoms. The molecule has 0 saturated heterocycles. The number of hydrogen-bond acceptors (Lipinski definition) is 1. The Balaban J connectivity index is 2.32. The molecule has 0 unspecified atom stereocenters. The highest BCUT2D eigenvalue weighted by molar-refractivity contribution is 9.10. The molecule has 0 atom stereocenters. The zero-order valence-corrected chi connectivity index (χ0v) is 12.3. The van der Waals surface area contributed by atoms with Crippen LogP contribution in [-0.4, -0.2) is 7.05 Å². The molecule has 0 N–H and O–H groups in total. The van der Waals surface area contributed by atoms with Gasteiger partial charge in [0, 0.05) is 24.8 Å². The Labute approximate surface area is 120 Å². The molecule has 0 fully saturated rings. The molecular formula is C15H14BrF2N. The van der Waals surface area contributed by atoms with Gasteiger partial charge in [0.1, 0.15) is 11.6 Å². The molecule has 1 nitrogen and oxygen atoms in total. The SMILES string of the molecule is Cc1ccccc1N(C)Cc1c(F)ccc(Br)c1F. The number of para-hydroxylation sites is 1. The van der Waals surface area contributed by atoms with Crippen LogP contribution in [0.1, 0.15) is 11.1 Å². The Hall–Kier alpha value is -1.42. The highest BCUT2D eigenvalue weighted by Gasteiger charge is 2.15. The average molecular weight is 326 g/mol. The minimum Gasteiger partial charge on any atom is -0.370 e.